The molecule has 0 spiro atoms. The number of halogens is 2. The van der Waals surface area contributed by atoms with Crippen LogP contribution < -0.4 is 24.8 Å². The van der Waals surface area contributed by atoms with Gasteiger partial charge in [0.2, 0.25) is 0 Å². The zero-order valence-electron chi connectivity index (χ0n) is 36.0. The van der Waals surface area contributed by atoms with Crippen molar-refractivity contribution < 1.29 is 77.2 Å². The van der Waals surface area contributed by atoms with Crippen LogP contribution in [0, 0.1) is 46.0 Å². The maximum absolute atomic E-state index is 3.30. The van der Waals surface area contributed by atoms with Crippen LogP contribution in [0.4, 0.5) is 0 Å². The second kappa shape index (κ2) is 30.0. The maximum Gasteiger partial charge on any atom is 3.00 e. The standard InChI is InChI=1S/4C10H15.2C2H7Si.2ClH.2Zr/c4*1-8-5-6-9(7-8)10(2,3)4;2*1-3-2;;;;/h4*7H,6H2,1-4H3;2*3H,1-2H3;2*1H;;/q4*-1;;;;;2*+3/p-2. The van der Waals surface area contributed by atoms with Crippen LogP contribution in [0.2, 0.25) is 26.2 Å². The van der Waals surface area contributed by atoms with Crippen molar-refractivity contribution in [2.24, 2.45) is 21.7 Å². The largest absolute Gasteiger partial charge is 3.00 e. The fraction of sp³-hybridized carbons (Fsp3) is 0.636. The molecule has 0 aliphatic heterocycles. The van der Waals surface area contributed by atoms with Gasteiger partial charge in [-0.25, -0.2) is 46.6 Å². The summed E-state index contributed by atoms with van der Waals surface area (Å²) < 4.78 is 0. The molecule has 0 saturated heterocycles. The molecular weight excluding hydrogens is 838 g/mol. The summed E-state index contributed by atoms with van der Waals surface area (Å²) in [6.45, 7) is 44.3. The Labute approximate surface area is 370 Å². The second-order valence-electron chi connectivity index (χ2n) is 17.0. The number of allylic oxidation sites excluding steroid dienone is 16. The molecule has 0 N–H and O–H groups in total. The van der Waals surface area contributed by atoms with E-state index in [9.17, 15) is 0 Å². The molecule has 4 aliphatic carbocycles. The Morgan fingerprint density at radius 1 is 0.380 bits per heavy atom. The fourth-order valence-electron chi connectivity index (χ4n) is 4.32. The van der Waals surface area contributed by atoms with E-state index in [0.717, 1.165) is 44.7 Å². The van der Waals surface area contributed by atoms with Gasteiger partial charge in [0.15, 0.2) is 0 Å². The van der Waals surface area contributed by atoms with Gasteiger partial charge in [0.05, 0.1) is 0 Å². The molecule has 0 atom stereocenters. The molecule has 4 rings (SSSR count). The van der Waals surface area contributed by atoms with Crippen molar-refractivity contribution in [2.75, 3.05) is 0 Å². The molecule has 50 heavy (non-hydrogen) atoms. The van der Waals surface area contributed by atoms with E-state index in [1.54, 1.807) is 0 Å². The third kappa shape index (κ3) is 30.1. The third-order valence-electron chi connectivity index (χ3n) is 7.65. The van der Waals surface area contributed by atoms with Gasteiger partial charge in [-0.2, -0.15) is 22.3 Å². The Kier molecular flexibility index (Phi) is 37.6. The molecule has 0 bridgehead atoms. The molecule has 0 amide bonds. The molecule has 0 saturated carbocycles. The second-order valence-corrected chi connectivity index (χ2v) is 19.3. The summed E-state index contributed by atoms with van der Waals surface area (Å²) >= 11 is 0. The number of hydrogen-bond acceptors (Lipinski definition) is 0. The predicted molar refractivity (Wildman–Crippen MR) is 216 cm³/mol. The number of rotatable bonds is 0. The van der Waals surface area contributed by atoms with Crippen molar-refractivity contribution in [3.63, 3.8) is 0 Å². The molecule has 280 valence electrons. The molecule has 0 aromatic carbocycles. The van der Waals surface area contributed by atoms with Crippen molar-refractivity contribution in [3.8, 4) is 0 Å². The molecule has 0 heterocycles. The average molecular weight is 913 g/mol. The summed E-state index contributed by atoms with van der Waals surface area (Å²) in [5, 5.41) is 0. The van der Waals surface area contributed by atoms with Gasteiger partial charge < -0.3 is 24.8 Å². The monoisotopic (exact) mass is 908 g/mol. The van der Waals surface area contributed by atoms with Crippen molar-refractivity contribution in [3.05, 3.63) is 93.2 Å². The van der Waals surface area contributed by atoms with E-state index in [1.807, 2.05) is 0 Å². The third-order valence-corrected chi connectivity index (χ3v) is 7.65. The van der Waals surface area contributed by atoms with E-state index in [2.05, 4.69) is 186 Å². The van der Waals surface area contributed by atoms with Gasteiger partial charge in [0.25, 0.3) is 0 Å². The zero-order valence-corrected chi connectivity index (χ0v) is 44.8. The van der Waals surface area contributed by atoms with Gasteiger partial charge in [-0.15, -0.1) is 25.7 Å². The normalized spacial score (nSPS) is 15.8. The zero-order chi connectivity index (χ0) is 36.5. The molecule has 0 aromatic rings. The summed E-state index contributed by atoms with van der Waals surface area (Å²) in [5.74, 6) is 0. The smallest absolute Gasteiger partial charge is 1.00 e. The van der Waals surface area contributed by atoms with Gasteiger partial charge in [0.1, 0.15) is 0 Å². The summed E-state index contributed by atoms with van der Waals surface area (Å²) in [7, 11) is 1.50. The van der Waals surface area contributed by atoms with Crippen molar-refractivity contribution in [2.45, 2.75) is 163 Å². The van der Waals surface area contributed by atoms with E-state index in [0.29, 0.717) is 21.7 Å². The Morgan fingerprint density at radius 2 is 0.500 bits per heavy atom. The molecule has 0 unspecified atom stereocenters. The van der Waals surface area contributed by atoms with Crippen LogP contribution in [0.25, 0.3) is 0 Å². The van der Waals surface area contributed by atoms with Gasteiger partial charge in [0, 0.05) is 19.0 Å². The molecule has 4 aliphatic rings. The van der Waals surface area contributed by atoms with E-state index < -0.39 is 0 Å². The average Bonchev–Trinajstić information content (AvgIpc) is 3.68. The van der Waals surface area contributed by atoms with Gasteiger partial charge in [-0.05, 0) is 21.7 Å². The topological polar surface area (TPSA) is 0 Å². The van der Waals surface area contributed by atoms with E-state index in [-0.39, 0.29) is 77.2 Å². The van der Waals surface area contributed by atoms with Gasteiger partial charge >= 0.3 is 52.4 Å². The Balaban J connectivity index is -0.000000119. The van der Waals surface area contributed by atoms with Crippen molar-refractivity contribution in [1.29, 1.82) is 0 Å². The quantitative estimate of drug-likeness (QED) is 0.175. The molecule has 6 heteroatoms. The predicted octanol–water partition coefficient (Wildman–Crippen LogP) is 7.49. The van der Waals surface area contributed by atoms with Crippen molar-refractivity contribution >= 4 is 19.0 Å². The van der Waals surface area contributed by atoms with Crippen LogP contribution in [0.1, 0.15) is 136 Å². The molecular formula is C44H74Cl2Si2Zr2. The van der Waals surface area contributed by atoms with E-state index in [1.165, 1.54) is 44.6 Å². The van der Waals surface area contributed by atoms with Crippen LogP contribution in [0.3, 0.4) is 0 Å². The first-order valence-corrected chi connectivity index (χ1v) is 22.1. The summed E-state index contributed by atoms with van der Waals surface area (Å²) in [6.07, 6.45) is 26.3. The Hall–Kier alpha value is 0.700. The first-order valence-electron chi connectivity index (χ1n) is 17.4. The summed E-state index contributed by atoms with van der Waals surface area (Å²) in [6, 6.07) is 0. The van der Waals surface area contributed by atoms with Gasteiger partial charge in [-0.3, -0.25) is 24.3 Å². The van der Waals surface area contributed by atoms with Crippen LogP contribution >= 0.6 is 0 Å². The van der Waals surface area contributed by atoms with E-state index >= 15 is 0 Å². The van der Waals surface area contributed by atoms with Crippen LogP contribution in [-0.2, 0) is 52.4 Å². The molecule has 0 nitrogen and oxygen atoms in total. The van der Waals surface area contributed by atoms with Crippen LogP contribution in [-0.4, -0.2) is 19.0 Å². The molecule has 0 fully saturated rings. The first kappa shape index (κ1) is 62.7. The minimum absolute atomic E-state index is 0. The Morgan fingerprint density at radius 3 is 0.540 bits per heavy atom. The van der Waals surface area contributed by atoms with E-state index in [4.69, 9.17) is 0 Å². The maximum atomic E-state index is 3.30. The molecule has 0 aromatic heterocycles. The Bertz CT molecular complexity index is 996. The fourth-order valence-corrected chi connectivity index (χ4v) is 4.32. The first-order chi connectivity index (χ1) is 20.8. The number of hydrogen-bond donors (Lipinski definition) is 0. The van der Waals surface area contributed by atoms with Crippen LogP contribution in [0.5, 0.6) is 0 Å². The summed E-state index contributed by atoms with van der Waals surface area (Å²) in [4.78, 5) is 0. The summed E-state index contributed by atoms with van der Waals surface area (Å²) in [5.41, 5.74) is 12.6. The minimum Gasteiger partial charge on any atom is -1.00 e. The molecule has 4 radical (unpaired) electrons. The minimum atomic E-state index is 0. The van der Waals surface area contributed by atoms with Crippen LogP contribution in [0.15, 0.2) is 68.9 Å². The SMILES string of the molecule is CC1=[C-]CC(C(C)(C)C)=C1.CC1=[C-]CC(C(C)(C)C)=C1.CC1=[C-]CC(C(C)(C)C)=C1.CC1=[C-]CC(C(C)(C)C)=C1.C[SiH]C.C[SiH]C.[Cl-].[Cl-].[Zr+3].[Zr+3]. The van der Waals surface area contributed by atoms with Gasteiger partial charge in [-0.1, -0.05) is 137 Å². The van der Waals surface area contributed by atoms with Crippen molar-refractivity contribution in [1.82, 2.24) is 0 Å².